The van der Waals surface area contributed by atoms with Crippen molar-refractivity contribution in [2.24, 2.45) is 23.2 Å². The number of nitrogens with zero attached hydrogens (tertiary/aromatic N) is 5. The first kappa shape index (κ1) is 28.2. The smallest absolute Gasteiger partial charge is 0.408 e. The summed E-state index contributed by atoms with van der Waals surface area (Å²) in [6.45, 7) is 2.46. The van der Waals surface area contributed by atoms with Crippen molar-refractivity contribution in [1.82, 2.24) is 35.0 Å². The number of halogens is 3. The lowest BCUT2D eigenvalue weighted by Crippen LogP contribution is -2.42. The molecule has 11 nitrogen and oxygen atoms in total. The number of esters is 1. The van der Waals surface area contributed by atoms with Crippen LogP contribution in [0.5, 0.6) is 0 Å². The molecule has 14 heteroatoms. The maximum absolute atomic E-state index is 13.5. The second-order valence-corrected chi connectivity index (χ2v) is 11.6. The van der Waals surface area contributed by atoms with E-state index in [9.17, 15) is 27.6 Å². The van der Waals surface area contributed by atoms with E-state index < -0.39 is 35.9 Å². The Bertz CT molecular complexity index is 1510. The minimum atomic E-state index is -4.71. The monoisotopic (exact) mass is 587 g/mol. The zero-order valence-electron chi connectivity index (χ0n) is 23.2. The molecule has 0 radical (unpaired) electrons. The number of alkyl halides is 3. The number of nitrogens with one attached hydrogen (secondary N) is 2. The highest BCUT2D eigenvalue weighted by Gasteiger charge is 2.60. The molecule has 4 heterocycles. The molecule has 224 valence electrons. The van der Waals surface area contributed by atoms with Crippen LogP contribution in [0, 0.1) is 23.2 Å². The van der Waals surface area contributed by atoms with Gasteiger partial charge in [0, 0.05) is 25.6 Å². The molecule has 2 aliphatic carbocycles. The van der Waals surface area contributed by atoms with Crippen LogP contribution >= 0.6 is 0 Å². The number of fused-ring (bicyclic) bond motifs is 1. The standard InChI is InChI=1S/C28H32F3N7O4/c1-3-37-19(10-11-32-37)24(39)35-23(22(15-4-5-15)16-6-7-16)18-14-38-21(33-18)9-8-17(36-38)12-27(26(41)42-2)13-20(28(29,30)31)34-25(27)40/h8-11,14-16,20,22-23H,3-7,12-13H2,1-2H3,(H,34,40)(H,35,39)/t20-,23+,27?/m0/s1. The molecule has 42 heavy (non-hydrogen) atoms. The number of carbonyl (C=O) groups is 3. The molecule has 2 N–H and O–H groups in total. The van der Waals surface area contributed by atoms with Crippen LogP contribution in [0.2, 0.25) is 0 Å². The Morgan fingerprint density at radius 3 is 2.50 bits per heavy atom. The molecule has 2 saturated carbocycles. The molecule has 3 atom stereocenters. The highest BCUT2D eigenvalue weighted by atomic mass is 19.4. The summed E-state index contributed by atoms with van der Waals surface area (Å²) in [5.41, 5.74) is -0.299. The molecule has 3 aromatic heterocycles. The zero-order chi connectivity index (χ0) is 29.8. The molecule has 6 rings (SSSR count). The fraction of sp³-hybridized carbons (Fsp3) is 0.571. The van der Waals surface area contributed by atoms with Crippen LogP contribution in [0.25, 0.3) is 5.65 Å². The molecular formula is C28H32F3N7O4. The molecule has 0 spiro atoms. The van der Waals surface area contributed by atoms with E-state index in [2.05, 4.69) is 15.5 Å². The van der Waals surface area contributed by atoms with Crippen LogP contribution in [0.15, 0.2) is 30.6 Å². The summed E-state index contributed by atoms with van der Waals surface area (Å²) in [7, 11) is 1.04. The fourth-order valence-corrected chi connectivity index (χ4v) is 6.33. The van der Waals surface area contributed by atoms with Crippen LogP contribution in [0.3, 0.4) is 0 Å². The molecule has 3 aliphatic rings. The number of aromatic nitrogens is 5. The minimum absolute atomic E-state index is 0.209. The van der Waals surface area contributed by atoms with Gasteiger partial charge in [-0.1, -0.05) is 0 Å². The molecule has 3 fully saturated rings. The minimum Gasteiger partial charge on any atom is -0.468 e. The molecule has 3 aromatic rings. The summed E-state index contributed by atoms with van der Waals surface area (Å²) >= 11 is 0. The van der Waals surface area contributed by atoms with Gasteiger partial charge in [0.2, 0.25) is 5.91 Å². The first-order chi connectivity index (χ1) is 20.0. The van der Waals surface area contributed by atoms with Gasteiger partial charge in [-0.3, -0.25) is 19.1 Å². The lowest BCUT2D eigenvalue weighted by molar-refractivity contribution is -0.160. The van der Waals surface area contributed by atoms with E-state index in [0.717, 1.165) is 32.8 Å². The number of methoxy groups -OCH3 is 1. The van der Waals surface area contributed by atoms with E-state index in [4.69, 9.17) is 9.72 Å². The Labute approximate surface area is 239 Å². The summed E-state index contributed by atoms with van der Waals surface area (Å²) in [5, 5.41) is 13.9. The average molecular weight is 588 g/mol. The van der Waals surface area contributed by atoms with Crippen LogP contribution in [-0.2, 0) is 27.3 Å². The third kappa shape index (κ3) is 5.11. The lowest BCUT2D eigenvalue weighted by atomic mass is 9.80. The maximum Gasteiger partial charge on any atom is 0.408 e. The summed E-state index contributed by atoms with van der Waals surface area (Å²) in [6, 6.07) is 2.31. The summed E-state index contributed by atoms with van der Waals surface area (Å²) in [4.78, 5) is 43.6. The second kappa shape index (κ2) is 10.4. The van der Waals surface area contributed by atoms with E-state index in [-0.39, 0.29) is 30.0 Å². The van der Waals surface area contributed by atoms with Crippen molar-refractivity contribution in [3.63, 3.8) is 0 Å². The number of carbonyl (C=O) groups excluding carboxylic acids is 3. The van der Waals surface area contributed by atoms with Gasteiger partial charge in [-0.05, 0) is 68.6 Å². The molecule has 2 amide bonds. The van der Waals surface area contributed by atoms with Crippen molar-refractivity contribution < 1.29 is 32.3 Å². The Hall–Kier alpha value is -3.97. The summed E-state index contributed by atoms with van der Waals surface area (Å²) < 4.78 is 48.2. The van der Waals surface area contributed by atoms with Crippen molar-refractivity contribution in [2.45, 2.75) is 70.3 Å². The fourth-order valence-electron chi connectivity index (χ4n) is 6.33. The topological polar surface area (TPSA) is 133 Å². The number of rotatable bonds is 10. The van der Waals surface area contributed by atoms with E-state index in [1.54, 1.807) is 29.2 Å². The van der Waals surface area contributed by atoms with E-state index in [0.29, 0.717) is 35.4 Å². The van der Waals surface area contributed by atoms with Crippen LogP contribution in [0.4, 0.5) is 13.2 Å². The summed E-state index contributed by atoms with van der Waals surface area (Å²) in [5.74, 6) is -1.17. The Morgan fingerprint density at radius 1 is 1.19 bits per heavy atom. The number of imidazole rings is 1. The first-order valence-electron chi connectivity index (χ1n) is 14.2. The third-order valence-corrected chi connectivity index (χ3v) is 8.71. The van der Waals surface area contributed by atoms with Gasteiger partial charge in [-0.25, -0.2) is 9.50 Å². The molecule has 0 aromatic carbocycles. The number of aryl methyl sites for hydroxylation is 1. The predicted octanol–water partition coefficient (Wildman–Crippen LogP) is 3.01. The average Bonchev–Trinajstić information content (AvgIpc) is 3.85. The second-order valence-electron chi connectivity index (χ2n) is 11.6. The number of hydrogen-bond acceptors (Lipinski definition) is 7. The van der Waals surface area contributed by atoms with Gasteiger partial charge in [0.1, 0.15) is 11.7 Å². The maximum atomic E-state index is 13.5. The quantitative estimate of drug-likeness (QED) is 0.275. The van der Waals surface area contributed by atoms with Crippen LogP contribution in [-0.4, -0.2) is 61.5 Å². The van der Waals surface area contributed by atoms with Gasteiger partial charge in [-0.2, -0.15) is 23.4 Å². The Balaban J connectivity index is 1.32. The summed E-state index contributed by atoms with van der Waals surface area (Å²) in [6.07, 6.45) is 1.77. The third-order valence-electron chi connectivity index (χ3n) is 8.71. The van der Waals surface area contributed by atoms with Gasteiger partial charge < -0.3 is 15.4 Å². The van der Waals surface area contributed by atoms with Gasteiger partial charge in [0.15, 0.2) is 11.1 Å². The van der Waals surface area contributed by atoms with Crippen LogP contribution < -0.4 is 10.6 Å². The van der Waals surface area contributed by atoms with Gasteiger partial charge in [-0.15, -0.1) is 0 Å². The Kier molecular flexibility index (Phi) is 6.97. The molecule has 1 aliphatic heterocycles. The predicted molar refractivity (Wildman–Crippen MR) is 141 cm³/mol. The highest BCUT2D eigenvalue weighted by Crippen LogP contribution is 2.54. The van der Waals surface area contributed by atoms with E-state index in [1.165, 1.54) is 10.6 Å². The zero-order valence-corrected chi connectivity index (χ0v) is 23.2. The van der Waals surface area contributed by atoms with Crippen molar-refractivity contribution in [2.75, 3.05) is 7.11 Å². The largest absolute Gasteiger partial charge is 0.468 e. The molecular weight excluding hydrogens is 555 g/mol. The van der Waals surface area contributed by atoms with Crippen molar-refractivity contribution in [3.05, 3.63) is 47.7 Å². The van der Waals surface area contributed by atoms with Gasteiger partial charge in [0.25, 0.3) is 5.91 Å². The molecule has 1 unspecified atom stereocenters. The highest BCUT2D eigenvalue weighted by molar-refractivity contribution is 6.04. The van der Waals surface area contributed by atoms with Gasteiger partial charge >= 0.3 is 12.1 Å². The lowest BCUT2D eigenvalue weighted by Gasteiger charge is -2.27. The number of ether oxygens (including phenoxy) is 1. The first-order valence-corrected chi connectivity index (χ1v) is 14.2. The SMILES string of the molecule is CCn1nccc1C(=O)N[C@H](c1cn2nc(CC3(C(=O)OC)C[C@@H](C(F)(F)F)NC3=O)ccc2n1)C(C1CC1)C1CC1. The van der Waals surface area contributed by atoms with Crippen LogP contribution in [0.1, 0.15) is 66.9 Å². The normalized spacial score (nSPS) is 23.3. The number of hydrogen-bond donors (Lipinski definition) is 2. The van der Waals surface area contributed by atoms with Crippen molar-refractivity contribution in [3.8, 4) is 0 Å². The van der Waals surface area contributed by atoms with E-state index >= 15 is 0 Å². The Morgan fingerprint density at radius 2 is 1.90 bits per heavy atom. The number of amides is 2. The van der Waals surface area contributed by atoms with Crippen molar-refractivity contribution >= 4 is 23.4 Å². The van der Waals surface area contributed by atoms with Gasteiger partial charge in [0.05, 0.1) is 30.7 Å². The molecule has 1 saturated heterocycles. The van der Waals surface area contributed by atoms with Crippen molar-refractivity contribution in [1.29, 1.82) is 0 Å². The molecule has 0 bridgehead atoms. The van der Waals surface area contributed by atoms with E-state index in [1.807, 2.05) is 12.2 Å².